The Morgan fingerprint density at radius 3 is 2.25 bits per heavy atom. The molecule has 0 atom stereocenters. The lowest BCUT2D eigenvalue weighted by atomic mass is 10.5. The molecule has 4 heavy (non-hydrogen) atoms. The van der Waals surface area contributed by atoms with E-state index in [1.807, 2.05) is 0 Å². The minimum absolute atomic E-state index is 0.0556. The first-order valence-corrected chi connectivity index (χ1v) is 1.27. The van der Waals surface area contributed by atoms with Crippen LogP contribution in [0.4, 0.5) is 0 Å². The first-order chi connectivity index (χ1) is 1.91. The molecule has 1 nitrogen and oxygen atoms in total. The molecule has 0 spiro atoms. The summed E-state index contributed by atoms with van der Waals surface area (Å²) in [4.78, 5) is 0. The van der Waals surface area contributed by atoms with E-state index in [1.54, 1.807) is 13.3 Å². The van der Waals surface area contributed by atoms with Crippen LogP contribution >= 0.6 is 0 Å². The van der Waals surface area contributed by atoms with E-state index in [2.05, 4.69) is 0 Å². The van der Waals surface area contributed by atoms with Gasteiger partial charge in [-0.25, -0.2) is 5.11 Å². The van der Waals surface area contributed by atoms with Gasteiger partial charge in [0.15, 0.2) is 0 Å². The summed E-state index contributed by atoms with van der Waals surface area (Å²) in [6.07, 6.45) is 1.57. The molecular formula is C3H6O. The summed E-state index contributed by atoms with van der Waals surface area (Å²) in [6, 6.07) is 0. The lowest BCUT2D eigenvalue weighted by Gasteiger charge is -1.64. The van der Waals surface area contributed by atoms with Crippen LogP contribution in [0, 0.1) is 6.42 Å². The summed E-state index contributed by atoms with van der Waals surface area (Å²) < 4.78 is 0. The molecule has 0 rings (SSSR count). The topological polar surface area (TPSA) is 19.9 Å². The SMILES string of the molecule is C[CH]C[O]. The van der Waals surface area contributed by atoms with Crippen molar-refractivity contribution < 1.29 is 5.11 Å². The van der Waals surface area contributed by atoms with Gasteiger partial charge in [0.2, 0.25) is 0 Å². The Hall–Kier alpha value is -0.0400. The molecular weight excluding hydrogens is 52.0 g/mol. The van der Waals surface area contributed by atoms with Gasteiger partial charge in [0.1, 0.15) is 0 Å². The summed E-state index contributed by atoms with van der Waals surface area (Å²) in [5.41, 5.74) is 0. The van der Waals surface area contributed by atoms with Gasteiger partial charge in [0.25, 0.3) is 0 Å². The molecule has 0 amide bonds. The molecule has 0 bridgehead atoms. The standard InChI is InChI=1S/C3H6O/c1-2-3-4/h2H,3H2,1H3. The normalized spacial score (nSPS) is 7.50. The van der Waals surface area contributed by atoms with E-state index in [0.29, 0.717) is 0 Å². The van der Waals surface area contributed by atoms with Crippen molar-refractivity contribution in [3.63, 3.8) is 0 Å². The molecule has 0 saturated carbocycles. The van der Waals surface area contributed by atoms with Gasteiger partial charge < -0.3 is 0 Å². The van der Waals surface area contributed by atoms with Crippen LogP contribution in [-0.2, 0) is 5.11 Å². The Kier molecular flexibility index (Phi) is 2.93. The van der Waals surface area contributed by atoms with Crippen LogP contribution in [0.1, 0.15) is 6.92 Å². The van der Waals surface area contributed by atoms with Crippen LogP contribution < -0.4 is 0 Å². The summed E-state index contributed by atoms with van der Waals surface area (Å²) in [6.45, 7) is 1.69. The molecule has 0 aromatic heterocycles. The zero-order valence-electron chi connectivity index (χ0n) is 2.69. The highest BCUT2D eigenvalue weighted by molar-refractivity contribution is 4.45. The molecule has 0 aromatic rings. The second-order valence-electron chi connectivity index (χ2n) is 0.575. The van der Waals surface area contributed by atoms with Crippen molar-refractivity contribution >= 4 is 0 Å². The molecule has 0 saturated heterocycles. The minimum atomic E-state index is -0.0556. The van der Waals surface area contributed by atoms with Gasteiger partial charge in [-0.15, -0.1) is 0 Å². The molecule has 0 fully saturated rings. The third kappa shape index (κ3) is 1.96. The summed E-state index contributed by atoms with van der Waals surface area (Å²) in [7, 11) is 0. The molecule has 0 aliphatic carbocycles. The molecule has 24 valence electrons. The molecule has 1 heteroatoms. The monoisotopic (exact) mass is 58.0 g/mol. The lowest BCUT2D eigenvalue weighted by Crippen LogP contribution is -1.67. The fraction of sp³-hybridized carbons (Fsp3) is 0.667. The highest BCUT2D eigenvalue weighted by atomic mass is 16.2. The molecule has 0 aliphatic heterocycles. The molecule has 2 radical (unpaired) electrons. The van der Waals surface area contributed by atoms with Crippen molar-refractivity contribution in [1.82, 2.24) is 0 Å². The number of rotatable bonds is 1. The van der Waals surface area contributed by atoms with Crippen LogP contribution in [0.25, 0.3) is 0 Å². The van der Waals surface area contributed by atoms with Crippen molar-refractivity contribution in [2.24, 2.45) is 0 Å². The quantitative estimate of drug-likeness (QED) is 0.421. The zero-order valence-corrected chi connectivity index (χ0v) is 2.69. The average Bonchev–Trinajstić information content (AvgIpc) is 1.37. The van der Waals surface area contributed by atoms with E-state index in [1.165, 1.54) is 0 Å². The molecule has 0 heterocycles. The zero-order chi connectivity index (χ0) is 3.41. The third-order valence-electron chi connectivity index (χ3n) is 0.167. The highest BCUT2D eigenvalue weighted by Gasteiger charge is 1.61. The van der Waals surface area contributed by atoms with E-state index >= 15 is 0 Å². The van der Waals surface area contributed by atoms with E-state index in [0.717, 1.165) is 0 Å². The van der Waals surface area contributed by atoms with Gasteiger partial charge in [-0.1, -0.05) is 6.92 Å². The fourth-order valence-corrected chi connectivity index (χ4v) is 0. The van der Waals surface area contributed by atoms with Crippen LogP contribution in [-0.4, -0.2) is 6.61 Å². The van der Waals surface area contributed by atoms with Crippen molar-refractivity contribution in [2.75, 3.05) is 6.61 Å². The lowest BCUT2D eigenvalue weighted by molar-refractivity contribution is 0.221. The predicted molar refractivity (Wildman–Crippen MR) is 15.5 cm³/mol. The molecule has 0 unspecified atom stereocenters. The Labute approximate surface area is 26.3 Å². The fourth-order valence-electron chi connectivity index (χ4n) is 0. The van der Waals surface area contributed by atoms with Gasteiger partial charge in [-0.2, -0.15) is 0 Å². The minimum Gasteiger partial charge on any atom is -0.236 e. The van der Waals surface area contributed by atoms with E-state index < -0.39 is 0 Å². The second-order valence-corrected chi connectivity index (χ2v) is 0.575. The largest absolute Gasteiger partial charge is 0.236 e. The maximum Gasteiger partial charge on any atom is 0.0851 e. The Bertz CT molecular complexity index is 5.25. The van der Waals surface area contributed by atoms with E-state index in [-0.39, 0.29) is 6.61 Å². The maximum atomic E-state index is 9.24. The summed E-state index contributed by atoms with van der Waals surface area (Å²) >= 11 is 0. The van der Waals surface area contributed by atoms with Crippen LogP contribution in [0.2, 0.25) is 0 Å². The van der Waals surface area contributed by atoms with E-state index in [9.17, 15) is 5.11 Å². The van der Waals surface area contributed by atoms with Gasteiger partial charge in [0, 0.05) is 0 Å². The van der Waals surface area contributed by atoms with Crippen molar-refractivity contribution in [1.29, 1.82) is 0 Å². The number of hydrogen-bond donors (Lipinski definition) is 0. The molecule has 0 aromatic carbocycles. The van der Waals surface area contributed by atoms with Gasteiger partial charge in [-0.05, 0) is 6.42 Å². The highest BCUT2D eigenvalue weighted by Crippen LogP contribution is 1.60. The van der Waals surface area contributed by atoms with Gasteiger partial charge >= 0.3 is 0 Å². The Morgan fingerprint density at radius 1 is 2.00 bits per heavy atom. The first-order valence-electron chi connectivity index (χ1n) is 1.27. The Morgan fingerprint density at radius 2 is 2.25 bits per heavy atom. The Balaban J connectivity index is 1.97. The van der Waals surface area contributed by atoms with Gasteiger partial charge in [0.05, 0.1) is 6.61 Å². The van der Waals surface area contributed by atoms with Crippen LogP contribution in [0.5, 0.6) is 0 Å². The smallest absolute Gasteiger partial charge is 0.0851 e. The average molecular weight is 58.1 g/mol. The maximum absolute atomic E-state index is 9.24. The van der Waals surface area contributed by atoms with Gasteiger partial charge in [-0.3, -0.25) is 0 Å². The second kappa shape index (κ2) is 2.96. The predicted octanol–water partition coefficient (Wildman–Crippen LogP) is 0.641. The van der Waals surface area contributed by atoms with E-state index in [4.69, 9.17) is 0 Å². The van der Waals surface area contributed by atoms with Crippen LogP contribution in [0.15, 0.2) is 0 Å². The van der Waals surface area contributed by atoms with Crippen LogP contribution in [0.3, 0.4) is 0 Å². The third-order valence-corrected chi connectivity index (χ3v) is 0.167. The summed E-state index contributed by atoms with van der Waals surface area (Å²) in [5.74, 6) is 0. The number of hydrogen-bond acceptors (Lipinski definition) is 0. The molecule has 0 aliphatic rings. The van der Waals surface area contributed by atoms with Crippen molar-refractivity contribution in [3.05, 3.63) is 6.42 Å². The summed E-state index contributed by atoms with van der Waals surface area (Å²) in [5, 5.41) is 9.24. The molecule has 0 N–H and O–H groups in total. The van der Waals surface area contributed by atoms with Crippen molar-refractivity contribution in [3.8, 4) is 0 Å². The van der Waals surface area contributed by atoms with Crippen molar-refractivity contribution in [2.45, 2.75) is 6.92 Å². The first kappa shape index (κ1) is 3.96.